The van der Waals surface area contributed by atoms with Gasteiger partial charge in [0.15, 0.2) is 0 Å². The lowest BCUT2D eigenvalue weighted by Gasteiger charge is -2.00. The third-order valence-electron chi connectivity index (χ3n) is 2.46. The summed E-state index contributed by atoms with van der Waals surface area (Å²) >= 11 is 0. The van der Waals surface area contributed by atoms with Crippen LogP contribution in [0.5, 0.6) is 0 Å². The molecule has 0 radical (unpaired) electrons. The van der Waals surface area contributed by atoms with Crippen LogP contribution in [-0.4, -0.2) is 10.8 Å². The van der Waals surface area contributed by atoms with Crippen LogP contribution < -0.4 is 0 Å². The maximum Gasteiger partial charge on any atom is 0.0595 e. The Balaban J connectivity index is 2.20. The summed E-state index contributed by atoms with van der Waals surface area (Å²) in [4.78, 5) is 4.25. The summed E-state index contributed by atoms with van der Waals surface area (Å²) in [7, 11) is 0. The van der Waals surface area contributed by atoms with Crippen LogP contribution in [0.15, 0.2) is 84.2 Å². The number of rotatable bonds is 0. The molecule has 2 rings (SSSR count). The van der Waals surface area contributed by atoms with Gasteiger partial charge in [0.05, 0.1) is 11.9 Å². The monoisotopic (exact) mass is 236 g/mol. The van der Waals surface area contributed by atoms with Gasteiger partial charge < -0.3 is 4.57 Å². The summed E-state index contributed by atoms with van der Waals surface area (Å²) in [5.41, 5.74) is 1.10. The minimum atomic E-state index is 0.852. The molecule has 0 spiro atoms. The Kier molecular flexibility index (Phi) is 4.76. The quantitative estimate of drug-likeness (QED) is 0.654. The molecule has 0 fully saturated rings. The van der Waals surface area contributed by atoms with Crippen molar-refractivity contribution >= 4 is 6.21 Å². The van der Waals surface area contributed by atoms with Crippen LogP contribution in [0, 0.1) is 0 Å². The van der Waals surface area contributed by atoms with Gasteiger partial charge in [-0.2, -0.15) is 0 Å². The van der Waals surface area contributed by atoms with Gasteiger partial charge in [0, 0.05) is 18.9 Å². The van der Waals surface area contributed by atoms with Gasteiger partial charge >= 0.3 is 0 Å². The van der Waals surface area contributed by atoms with Crippen molar-refractivity contribution in [3.05, 3.63) is 84.9 Å². The Morgan fingerprint density at radius 1 is 0.889 bits per heavy atom. The van der Waals surface area contributed by atoms with Gasteiger partial charge in [-0.25, -0.2) is 0 Å². The molecular weight excluding hydrogens is 220 g/mol. The molecule has 0 N–H and O–H groups in total. The number of aliphatic imine (C=N–C) groups is 1. The van der Waals surface area contributed by atoms with Crippen molar-refractivity contribution in [2.45, 2.75) is 6.54 Å². The molecule has 90 valence electrons. The molecule has 0 aromatic carbocycles. The third kappa shape index (κ3) is 3.91. The van der Waals surface area contributed by atoms with Gasteiger partial charge in [-0.15, -0.1) is 0 Å². The van der Waals surface area contributed by atoms with Crippen LogP contribution in [0.3, 0.4) is 0 Å². The van der Waals surface area contributed by atoms with Crippen LogP contribution in [-0.2, 0) is 6.54 Å². The summed E-state index contributed by atoms with van der Waals surface area (Å²) in [6, 6.07) is 4.08. The molecule has 0 amide bonds. The Labute approximate surface area is 108 Å². The zero-order valence-electron chi connectivity index (χ0n) is 10.2. The van der Waals surface area contributed by atoms with Gasteiger partial charge in [-0.1, -0.05) is 48.6 Å². The van der Waals surface area contributed by atoms with E-state index < -0.39 is 0 Å². The third-order valence-corrected chi connectivity index (χ3v) is 2.46. The first-order valence-corrected chi connectivity index (χ1v) is 5.97. The highest BCUT2D eigenvalue weighted by molar-refractivity contribution is 5.78. The van der Waals surface area contributed by atoms with E-state index in [0.717, 1.165) is 12.2 Å². The molecule has 0 saturated heterocycles. The van der Waals surface area contributed by atoms with E-state index in [1.165, 1.54) is 0 Å². The molecule has 1 aliphatic rings. The van der Waals surface area contributed by atoms with Gasteiger partial charge in [-0.3, -0.25) is 4.99 Å². The number of hydrogen-bond acceptors (Lipinski definition) is 1. The predicted molar refractivity (Wildman–Crippen MR) is 77.7 cm³/mol. The molecule has 0 saturated carbocycles. The fourth-order valence-corrected chi connectivity index (χ4v) is 1.57. The second-order valence-electron chi connectivity index (χ2n) is 3.79. The fraction of sp³-hybridized carbons (Fsp3) is 0.0625. The van der Waals surface area contributed by atoms with E-state index in [2.05, 4.69) is 27.9 Å². The molecule has 0 bridgehead atoms. The molecule has 0 unspecified atom stereocenters. The molecule has 1 aromatic rings. The maximum atomic E-state index is 4.25. The smallest absolute Gasteiger partial charge is 0.0595 e. The molecular formula is C16H16N2. The predicted octanol–water partition coefficient (Wildman–Crippen LogP) is 3.66. The summed E-state index contributed by atoms with van der Waals surface area (Å²) < 4.78 is 2.15. The average molecular weight is 236 g/mol. The van der Waals surface area contributed by atoms with Crippen molar-refractivity contribution in [1.82, 2.24) is 4.57 Å². The van der Waals surface area contributed by atoms with E-state index in [4.69, 9.17) is 0 Å². The largest absolute Gasteiger partial charge is 0.343 e. The Bertz CT molecular complexity index is 537. The summed E-state index contributed by atoms with van der Waals surface area (Å²) in [5, 5.41) is 0. The van der Waals surface area contributed by atoms with Crippen LogP contribution >= 0.6 is 0 Å². The molecule has 2 nitrogen and oxygen atoms in total. The minimum absolute atomic E-state index is 0.852. The lowest BCUT2D eigenvalue weighted by molar-refractivity contribution is 0.823. The van der Waals surface area contributed by atoms with Crippen LogP contribution in [0.4, 0.5) is 0 Å². The Morgan fingerprint density at radius 3 is 2.44 bits per heavy atom. The van der Waals surface area contributed by atoms with Gasteiger partial charge in [-0.05, 0) is 18.2 Å². The van der Waals surface area contributed by atoms with Crippen LogP contribution in [0.1, 0.15) is 5.69 Å². The van der Waals surface area contributed by atoms with Crippen molar-refractivity contribution < 1.29 is 0 Å². The van der Waals surface area contributed by atoms with Crippen LogP contribution in [0.25, 0.3) is 0 Å². The number of fused-ring (bicyclic) bond motifs is 1. The van der Waals surface area contributed by atoms with Gasteiger partial charge in [0.1, 0.15) is 0 Å². The highest BCUT2D eigenvalue weighted by Crippen LogP contribution is 2.00. The maximum absolute atomic E-state index is 4.25. The van der Waals surface area contributed by atoms with Crippen molar-refractivity contribution in [2.24, 2.45) is 4.99 Å². The second-order valence-corrected chi connectivity index (χ2v) is 3.79. The SMILES string of the molecule is C1=CC=CC=CN=Cc2cccn2CC=CC=C1. The first-order valence-electron chi connectivity index (χ1n) is 5.97. The topological polar surface area (TPSA) is 17.3 Å². The second kappa shape index (κ2) is 7.07. The van der Waals surface area contributed by atoms with Crippen molar-refractivity contribution in [2.75, 3.05) is 0 Å². The molecule has 0 atom stereocenters. The van der Waals surface area contributed by atoms with E-state index in [1.54, 1.807) is 6.20 Å². The molecule has 18 heavy (non-hydrogen) atoms. The van der Waals surface area contributed by atoms with E-state index >= 15 is 0 Å². The van der Waals surface area contributed by atoms with Gasteiger partial charge in [0.25, 0.3) is 0 Å². The van der Waals surface area contributed by atoms with Crippen molar-refractivity contribution in [3.63, 3.8) is 0 Å². The zero-order chi connectivity index (χ0) is 12.5. The van der Waals surface area contributed by atoms with E-state index in [-0.39, 0.29) is 0 Å². The summed E-state index contributed by atoms with van der Waals surface area (Å²) in [5.74, 6) is 0. The van der Waals surface area contributed by atoms with Crippen molar-refractivity contribution in [1.29, 1.82) is 0 Å². The van der Waals surface area contributed by atoms with E-state index in [0.29, 0.717) is 0 Å². The van der Waals surface area contributed by atoms with E-state index in [9.17, 15) is 0 Å². The summed E-state index contributed by atoms with van der Waals surface area (Å²) in [6.45, 7) is 0.852. The first kappa shape index (κ1) is 12.1. The van der Waals surface area contributed by atoms with E-state index in [1.807, 2.05) is 60.9 Å². The lowest BCUT2D eigenvalue weighted by atomic mass is 10.3. The highest BCUT2D eigenvalue weighted by atomic mass is 15.0. The molecule has 0 aliphatic carbocycles. The zero-order valence-corrected chi connectivity index (χ0v) is 10.2. The van der Waals surface area contributed by atoms with Crippen LogP contribution in [0.2, 0.25) is 0 Å². The number of hydrogen-bond donors (Lipinski definition) is 0. The lowest BCUT2D eigenvalue weighted by Crippen LogP contribution is -1.98. The normalized spacial score (nSPS) is 15.3. The molecule has 2 heterocycles. The molecule has 2 heteroatoms. The average Bonchev–Trinajstić information content (AvgIpc) is 2.81. The fourth-order valence-electron chi connectivity index (χ4n) is 1.57. The first-order chi connectivity index (χ1) is 8.97. The highest BCUT2D eigenvalue weighted by Gasteiger charge is 1.93. The summed E-state index contributed by atoms with van der Waals surface area (Å²) in [6.07, 6.45) is 23.7. The number of nitrogens with zero attached hydrogens (tertiary/aromatic N) is 2. The minimum Gasteiger partial charge on any atom is -0.343 e. The van der Waals surface area contributed by atoms with Gasteiger partial charge in [0.2, 0.25) is 0 Å². The van der Waals surface area contributed by atoms with Crippen molar-refractivity contribution in [3.8, 4) is 0 Å². The Hall–Kier alpha value is -2.35. The molecule has 1 aromatic heterocycles. The standard InChI is InChI=1S/C16H16N2/c1-2-4-6-8-12-17-15-16-11-10-14-18(16)13-9-7-5-3-1/h1-12,14-15H,13H2. The molecule has 1 aliphatic heterocycles. The Morgan fingerprint density at radius 2 is 1.61 bits per heavy atom. The number of aromatic nitrogens is 1. The number of allylic oxidation sites excluding steroid dienone is 9.